The highest BCUT2D eigenvalue weighted by Crippen LogP contribution is 2.22. The van der Waals surface area contributed by atoms with Crippen molar-refractivity contribution < 1.29 is 9.59 Å². The molecule has 0 spiro atoms. The predicted molar refractivity (Wildman–Crippen MR) is 57.0 cm³/mol. The van der Waals surface area contributed by atoms with E-state index in [0.717, 1.165) is 0 Å². The maximum atomic E-state index is 11.1. The summed E-state index contributed by atoms with van der Waals surface area (Å²) < 4.78 is 0.616. The molecule has 2 amide bonds. The van der Waals surface area contributed by atoms with Crippen molar-refractivity contribution in [1.82, 2.24) is 21.0 Å². The molecule has 0 atom stereocenters. The Morgan fingerprint density at radius 2 is 2.20 bits per heavy atom. The van der Waals surface area contributed by atoms with Crippen molar-refractivity contribution >= 4 is 40.0 Å². The number of nitrogens with one attached hydrogen (secondary N) is 2. The number of carbonyl (C=O) groups excluding carboxylic acids is 2. The molecule has 15 heavy (non-hydrogen) atoms. The quantitative estimate of drug-likeness (QED) is 0.485. The number of anilines is 1. The summed E-state index contributed by atoms with van der Waals surface area (Å²) in [5.41, 5.74) is 9.76. The summed E-state index contributed by atoms with van der Waals surface area (Å²) in [6, 6.07) is 0. The first-order valence-corrected chi connectivity index (χ1v) is 5.65. The summed E-state index contributed by atoms with van der Waals surface area (Å²) in [5, 5.41) is 7.68. The van der Waals surface area contributed by atoms with Crippen molar-refractivity contribution in [2.24, 2.45) is 0 Å². The van der Waals surface area contributed by atoms with Gasteiger partial charge < -0.3 is 5.73 Å². The van der Waals surface area contributed by atoms with Gasteiger partial charge in [0.05, 0.1) is 5.75 Å². The monoisotopic (exact) mass is 247 g/mol. The number of nitrogens with two attached hydrogens (primary N) is 1. The van der Waals surface area contributed by atoms with Gasteiger partial charge in [-0.15, -0.1) is 10.2 Å². The summed E-state index contributed by atoms with van der Waals surface area (Å²) in [6.07, 6.45) is 0. The molecule has 1 heterocycles. The zero-order valence-electron chi connectivity index (χ0n) is 7.81. The lowest BCUT2D eigenvalue weighted by molar-refractivity contribution is -0.126. The topological polar surface area (TPSA) is 110 Å². The number of nitrogen functional groups attached to an aromatic ring is 1. The molecule has 4 N–H and O–H groups in total. The first-order chi connectivity index (χ1) is 7.08. The van der Waals surface area contributed by atoms with Gasteiger partial charge in [0, 0.05) is 6.92 Å². The van der Waals surface area contributed by atoms with Crippen LogP contribution in [-0.2, 0) is 9.59 Å². The van der Waals surface area contributed by atoms with Crippen LogP contribution in [0.25, 0.3) is 0 Å². The third kappa shape index (κ3) is 4.61. The molecule has 0 saturated carbocycles. The van der Waals surface area contributed by atoms with Crippen molar-refractivity contribution in [1.29, 1.82) is 0 Å². The van der Waals surface area contributed by atoms with E-state index in [-0.39, 0.29) is 17.6 Å². The van der Waals surface area contributed by atoms with Gasteiger partial charge in [-0.2, -0.15) is 0 Å². The standard InChI is InChI=1S/C6H9N5O2S2/c1-3(12)8-9-4(13)2-14-6-11-10-5(7)15-6/h2H2,1H3,(H2,7,10)(H,8,12)(H,9,13). The number of amides is 2. The second-order valence-electron chi connectivity index (χ2n) is 2.42. The van der Waals surface area contributed by atoms with Crippen LogP contribution in [0.1, 0.15) is 6.92 Å². The van der Waals surface area contributed by atoms with Crippen LogP contribution in [0.2, 0.25) is 0 Å². The third-order valence-corrected chi connectivity index (χ3v) is 3.01. The maximum absolute atomic E-state index is 11.1. The van der Waals surface area contributed by atoms with Crippen LogP contribution in [0.4, 0.5) is 5.13 Å². The second kappa shape index (κ2) is 5.51. The predicted octanol–water partition coefficient (Wildman–Crippen LogP) is -0.620. The molecular formula is C6H9N5O2S2. The Hall–Kier alpha value is -1.35. The minimum absolute atomic E-state index is 0.148. The maximum Gasteiger partial charge on any atom is 0.248 e. The van der Waals surface area contributed by atoms with E-state index in [9.17, 15) is 9.59 Å². The van der Waals surface area contributed by atoms with Crippen LogP contribution >= 0.6 is 23.1 Å². The lowest BCUT2D eigenvalue weighted by Gasteiger charge is -2.02. The van der Waals surface area contributed by atoms with E-state index in [2.05, 4.69) is 21.0 Å². The van der Waals surface area contributed by atoms with Crippen molar-refractivity contribution in [2.45, 2.75) is 11.3 Å². The van der Waals surface area contributed by atoms with Crippen LogP contribution in [0.3, 0.4) is 0 Å². The fourth-order valence-electron chi connectivity index (χ4n) is 0.600. The Morgan fingerprint density at radius 1 is 1.47 bits per heavy atom. The van der Waals surface area contributed by atoms with E-state index in [1.165, 1.54) is 30.0 Å². The van der Waals surface area contributed by atoms with Gasteiger partial charge in [-0.3, -0.25) is 20.4 Å². The van der Waals surface area contributed by atoms with Crippen LogP contribution in [0.15, 0.2) is 4.34 Å². The summed E-state index contributed by atoms with van der Waals surface area (Å²) in [5.74, 6) is -0.493. The Bertz CT molecular complexity index is 366. The molecule has 0 fully saturated rings. The minimum atomic E-state index is -0.325. The number of rotatable bonds is 3. The highest BCUT2D eigenvalue weighted by Gasteiger charge is 2.06. The molecule has 0 bridgehead atoms. The molecule has 0 saturated heterocycles. The van der Waals surface area contributed by atoms with Gasteiger partial charge in [-0.1, -0.05) is 23.1 Å². The van der Waals surface area contributed by atoms with Crippen LogP contribution in [0, 0.1) is 0 Å². The van der Waals surface area contributed by atoms with Crippen molar-refractivity contribution in [3.8, 4) is 0 Å². The van der Waals surface area contributed by atoms with Gasteiger partial charge in [0.25, 0.3) is 0 Å². The first kappa shape index (κ1) is 11.7. The molecule has 7 nitrogen and oxygen atoms in total. The van der Waals surface area contributed by atoms with E-state index in [1.54, 1.807) is 0 Å². The number of hydrogen-bond acceptors (Lipinski definition) is 7. The average molecular weight is 247 g/mol. The van der Waals surface area contributed by atoms with Crippen LogP contribution < -0.4 is 16.6 Å². The zero-order valence-corrected chi connectivity index (χ0v) is 9.44. The molecule has 9 heteroatoms. The first-order valence-electron chi connectivity index (χ1n) is 3.85. The Morgan fingerprint density at radius 3 is 2.73 bits per heavy atom. The Labute approximate surface area is 93.8 Å². The largest absolute Gasteiger partial charge is 0.374 e. The molecule has 0 aromatic carbocycles. The van der Waals surface area contributed by atoms with E-state index < -0.39 is 0 Å². The molecule has 0 radical (unpaired) electrons. The number of nitrogens with zero attached hydrogens (tertiary/aromatic N) is 2. The fourth-order valence-corrected chi connectivity index (χ4v) is 2.04. The lowest BCUT2D eigenvalue weighted by atomic mass is 10.7. The van der Waals surface area contributed by atoms with Gasteiger partial charge in [-0.05, 0) is 0 Å². The highest BCUT2D eigenvalue weighted by molar-refractivity contribution is 8.01. The smallest absolute Gasteiger partial charge is 0.248 e. The zero-order chi connectivity index (χ0) is 11.3. The van der Waals surface area contributed by atoms with Gasteiger partial charge in [-0.25, -0.2) is 0 Å². The number of hydrogen-bond donors (Lipinski definition) is 3. The van der Waals surface area contributed by atoms with Gasteiger partial charge in [0.1, 0.15) is 0 Å². The van der Waals surface area contributed by atoms with E-state index in [4.69, 9.17) is 5.73 Å². The summed E-state index contributed by atoms with van der Waals surface area (Å²) in [6.45, 7) is 1.30. The van der Waals surface area contributed by atoms with Crippen molar-refractivity contribution in [3.05, 3.63) is 0 Å². The Balaban J connectivity index is 2.25. The minimum Gasteiger partial charge on any atom is -0.374 e. The lowest BCUT2D eigenvalue weighted by Crippen LogP contribution is -2.41. The molecule has 1 aromatic heterocycles. The van der Waals surface area contributed by atoms with Gasteiger partial charge >= 0.3 is 0 Å². The number of carbonyl (C=O) groups is 2. The van der Waals surface area contributed by atoms with E-state index in [0.29, 0.717) is 9.47 Å². The average Bonchev–Trinajstić information content (AvgIpc) is 2.58. The molecule has 0 aliphatic heterocycles. The summed E-state index contributed by atoms with van der Waals surface area (Å²) in [7, 11) is 0. The normalized spacial score (nSPS) is 9.67. The van der Waals surface area contributed by atoms with Crippen LogP contribution in [-0.4, -0.2) is 27.8 Å². The molecule has 0 aliphatic carbocycles. The molecule has 82 valence electrons. The third-order valence-electron chi connectivity index (χ3n) is 1.13. The van der Waals surface area contributed by atoms with Gasteiger partial charge in [0.15, 0.2) is 4.34 Å². The fraction of sp³-hybridized carbons (Fsp3) is 0.333. The number of thioether (sulfide) groups is 1. The number of aromatic nitrogens is 2. The molecule has 0 unspecified atom stereocenters. The van der Waals surface area contributed by atoms with Crippen LogP contribution in [0.5, 0.6) is 0 Å². The molecule has 0 aliphatic rings. The summed E-state index contributed by atoms with van der Waals surface area (Å²) >= 11 is 2.41. The van der Waals surface area contributed by atoms with Gasteiger partial charge in [0.2, 0.25) is 16.9 Å². The molecular weight excluding hydrogens is 238 g/mol. The second-order valence-corrected chi connectivity index (χ2v) is 4.66. The highest BCUT2D eigenvalue weighted by atomic mass is 32.2. The van der Waals surface area contributed by atoms with E-state index >= 15 is 0 Å². The van der Waals surface area contributed by atoms with Crippen molar-refractivity contribution in [3.63, 3.8) is 0 Å². The summed E-state index contributed by atoms with van der Waals surface area (Å²) in [4.78, 5) is 21.6. The number of hydrazine groups is 1. The molecule has 1 aromatic rings. The Kier molecular flexibility index (Phi) is 4.31. The van der Waals surface area contributed by atoms with Crippen molar-refractivity contribution in [2.75, 3.05) is 11.5 Å². The van der Waals surface area contributed by atoms with E-state index in [1.807, 2.05) is 0 Å². The SMILES string of the molecule is CC(=O)NNC(=O)CSc1nnc(N)s1. The molecule has 1 rings (SSSR count).